The van der Waals surface area contributed by atoms with Crippen LogP contribution in [-0.2, 0) is 11.2 Å². The Morgan fingerprint density at radius 2 is 1.83 bits per heavy atom. The number of hydrogen-bond donors (Lipinski definition) is 1. The minimum Gasteiger partial charge on any atom is -0.329 e. The Morgan fingerprint density at radius 3 is 2.44 bits per heavy atom. The molecule has 98 valence electrons. The molecule has 1 aliphatic carbocycles. The highest BCUT2D eigenvalue weighted by Gasteiger charge is 2.38. The van der Waals surface area contributed by atoms with E-state index in [2.05, 4.69) is 24.3 Å². The number of carbonyl (C=O) groups excluding carboxylic acids is 1. The summed E-state index contributed by atoms with van der Waals surface area (Å²) in [6.45, 7) is 0.539. The largest absolute Gasteiger partial charge is 0.329 e. The van der Waals surface area contributed by atoms with Crippen LogP contribution in [0, 0.1) is 5.41 Å². The van der Waals surface area contributed by atoms with Crippen LogP contribution < -0.4 is 5.73 Å². The predicted octanol–water partition coefficient (Wildman–Crippen LogP) is 3.10. The normalized spacial score (nSPS) is 17.8. The van der Waals surface area contributed by atoms with Crippen molar-refractivity contribution < 1.29 is 4.79 Å². The molecule has 2 heteroatoms. The average Bonchev–Trinajstić information content (AvgIpc) is 2.90. The highest BCUT2D eigenvalue weighted by atomic mass is 16.1. The van der Waals surface area contributed by atoms with Crippen LogP contribution >= 0.6 is 0 Å². The fourth-order valence-corrected chi connectivity index (χ4v) is 3.01. The van der Waals surface area contributed by atoms with Gasteiger partial charge in [0.05, 0.1) is 0 Å². The molecule has 1 aliphatic rings. The van der Waals surface area contributed by atoms with Crippen LogP contribution in [0.25, 0.3) is 0 Å². The molecule has 0 unspecified atom stereocenters. The summed E-state index contributed by atoms with van der Waals surface area (Å²) in [7, 11) is 0. The van der Waals surface area contributed by atoms with Gasteiger partial charge in [-0.05, 0) is 31.2 Å². The molecule has 1 saturated carbocycles. The minimum atomic E-state index is -0.170. The minimum absolute atomic E-state index is 0.170. The number of rotatable bonds is 6. The van der Waals surface area contributed by atoms with Crippen molar-refractivity contribution in [1.29, 1.82) is 0 Å². The molecule has 1 fully saturated rings. The topological polar surface area (TPSA) is 43.1 Å². The molecule has 1 aromatic carbocycles. The van der Waals surface area contributed by atoms with Crippen LogP contribution in [0.1, 0.15) is 44.1 Å². The average molecular weight is 245 g/mol. The Hall–Kier alpha value is -1.15. The molecule has 0 atom stereocenters. The van der Waals surface area contributed by atoms with Gasteiger partial charge < -0.3 is 5.73 Å². The summed E-state index contributed by atoms with van der Waals surface area (Å²) in [5.74, 6) is 0.401. The summed E-state index contributed by atoms with van der Waals surface area (Å²) in [5.41, 5.74) is 6.98. The number of Topliss-reactive ketones (excluding diaryl/α,β-unsaturated/α-hetero) is 1. The van der Waals surface area contributed by atoms with Crippen molar-refractivity contribution in [3.63, 3.8) is 0 Å². The summed E-state index contributed by atoms with van der Waals surface area (Å²) in [4.78, 5) is 12.3. The molecule has 2 N–H and O–H groups in total. The fourth-order valence-electron chi connectivity index (χ4n) is 3.01. The Bertz CT molecular complexity index is 379. The van der Waals surface area contributed by atoms with Crippen LogP contribution in [0.2, 0.25) is 0 Å². The van der Waals surface area contributed by atoms with Gasteiger partial charge in [-0.3, -0.25) is 4.79 Å². The summed E-state index contributed by atoms with van der Waals surface area (Å²) in [6.07, 6.45) is 6.98. The molecular weight excluding hydrogens is 222 g/mol. The van der Waals surface area contributed by atoms with Crippen LogP contribution in [0.4, 0.5) is 0 Å². The molecular formula is C16H23NO. The van der Waals surface area contributed by atoms with Crippen LogP contribution in [0.5, 0.6) is 0 Å². The number of aryl methyl sites for hydroxylation is 1. The molecule has 2 rings (SSSR count). The first-order valence-corrected chi connectivity index (χ1v) is 7.04. The van der Waals surface area contributed by atoms with Crippen LogP contribution in [0.15, 0.2) is 30.3 Å². The van der Waals surface area contributed by atoms with E-state index in [1.54, 1.807) is 0 Å². The lowest BCUT2D eigenvalue weighted by molar-refractivity contribution is -0.128. The Balaban J connectivity index is 1.81. The van der Waals surface area contributed by atoms with Crippen LogP contribution in [0.3, 0.4) is 0 Å². The lowest BCUT2D eigenvalue weighted by atomic mass is 9.79. The highest BCUT2D eigenvalue weighted by molar-refractivity contribution is 5.85. The number of ketones is 1. The van der Waals surface area contributed by atoms with Gasteiger partial charge in [0.2, 0.25) is 0 Å². The van der Waals surface area contributed by atoms with Crippen molar-refractivity contribution in [3.8, 4) is 0 Å². The van der Waals surface area contributed by atoms with Crippen molar-refractivity contribution in [3.05, 3.63) is 35.9 Å². The maximum Gasteiger partial charge on any atom is 0.140 e. The van der Waals surface area contributed by atoms with E-state index in [1.165, 1.54) is 18.4 Å². The number of carbonyl (C=O) groups is 1. The molecule has 0 saturated heterocycles. The van der Waals surface area contributed by atoms with Gasteiger partial charge in [-0.15, -0.1) is 0 Å². The zero-order valence-electron chi connectivity index (χ0n) is 11.0. The van der Waals surface area contributed by atoms with Gasteiger partial charge >= 0.3 is 0 Å². The van der Waals surface area contributed by atoms with Gasteiger partial charge in [0.25, 0.3) is 0 Å². The molecule has 0 spiro atoms. The smallest absolute Gasteiger partial charge is 0.140 e. The van der Waals surface area contributed by atoms with Gasteiger partial charge in [0.1, 0.15) is 5.78 Å². The van der Waals surface area contributed by atoms with Crippen molar-refractivity contribution in [2.24, 2.45) is 11.1 Å². The number of hydrogen-bond acceptors (Lipinski definition) is 2. The Kier molecular flexibility index (Phi) is 4.54. The third-order valence-electron chi connectivity index (χ3n) is 4.26. The van der Waals surface area contributed by atoms with Crippen molar-refractivity contribution in [1.82, 2.24) is 0 Å². The van der Waals surface area contributed by atoms with E-state index >= 15 is 0 Å². The highest BCUT2D eigenvalue weighted by Crippen LogP contribution is 2.39. The first-order chi connectivity index (χ1) is 8.77. The molecule has 18 heavy (non-hydrogen) atoms. The second-order valence-electron chi connectivity index (χ2n) is 5.45. The van der Waals surface area contributed by atoms with E-state index in [0.717, 1.165) is 25.7 Å². The van der Waals surface area contributed by atoms with E-state index in [-0.39, 0.29) is 5.41 Å². The maximum atomic E-state index is 12.3. The monoisotopic (exact) mass is 245 g/mol. The molecule has 0 radical (unpaired) electrons. The van der Waals surface area contributed by atoms with Gasteiger partial charge in [-0.1, -0.05) is 43.2 Å². The summed E-state index contributed by atoms with van der Waals surface area (Å²) >= 11 is 0. The van der Waals surface area contributed by atoms with E-state index < -0.39 is 0 Å². The van der Waals surface area contributed by atoms with Crippen LogP contribution in [-0.4, -0.2) is 12.3 Å². The van der Waals surface area contributed by atoms with Gasteiger partial charge in [-0.25, -0.2) is 0 Å². The third kappa shape index (κ3) is 2.99. The molecule has 1 aromatic rings. The SMILES string of the molecule is NCC1(C(=O)CCCc2ccccc2)CCCC1. The summed E-state index contributed by atoms with van der Waals surface area (Å²) < 4.78 is 0. The molecule has 0 aliphatic heterocycles. The van der Waals surface area contributed by atoms with E-state index in [1.807, 2.05) is 6.07 Å². The second kappa shape index (κ2) is 6.14. The Labute approximate surface area is 110 Å². The number of nitrogens with two attached hydrogens (primary N) is 1. The quantitative estimate of drug-likeness (QED) is 0.837. The maximum absolute atomic E-state index is 12.3. The van der Waals surface area contributed by atoms with Crippen molar-refractivity contribution >= 4 is 5.78 Å². The lowest BCUT2D eigenvalue weighted by Gasteiger charge is -2.25. The predicted molar refractivity (Wildman–Crippen MR) is 74.3 cm³/mol. The zero-order valence-corrected chi connectivity index (χ0v) is 11.0. The number of benzene rings is 1. The fraction of sp³-hybridized carbons (Fsp3) is 0.562. The van der Waals surface area contributed by atoms with E-state index in [0.29, 0.717) is 18.7 Å². The molecule has 0 amide bonds. The first kappa shape index (κ1) is 13.3. The first-order valence-electron chi connectivity index (χ1n) is 7.04. The third-order valence-corrected chi connectivity index (χ3v) is 4.26. The van der Waals surface area contributed by atoms with E-state index in [4.69, 9.17) is 5.73 Å². The van der Waals surface area contributed by atoms with Gasteiger partial charge in [0.15, 0.2) is 0 Å². The zero-order chi connectivity index (χ0) is 12.8. The molecule has 0 aromatic heterocycles. The van der Waals surface area contributed by atoms with E-state index in [9.17, 15) is 4.79 Å². The second-order valence-corrected chi connectivity index (χ2v) is 5.45. The summed E-state index contributed by atoms with van der Waals surface area (Å²) in [5, 5.41) is 0. The van der Waals surface area contributed by atoms with Crippen molar-refractivity contribution in [2.75, 3.05) is 6.54 Å². The lowest BCUT2D eigenvalue weighted by Crippen LogP contribution is -2.36. The Morgan fingerprint density at radius 1 is 1.17 bits per heavy atom. The molecule has 0 bridgehead atoms. The van der Waals surface area contributed by atoms with Gasteiger partial charge in [-0.2, -0.15) is 0 Å². The molecule has 2 nitrogen and oxygen atoms in total. The van der Waals surface area contributed by atoms with Gasteiger partial charge in [0, 0.05) is 18.4 Å². The summed E-state index contributed by atoms with van der Waals surface area (Å²) in [6, 6.07) is 10.4. The molecule has 0 heterocycles. The standard InChI is InChI=1S/C16H23NO/c17-13-16(11-4-5-12-16)15(18)10-6-9-14-7-2-1-3-8-14/h1-3,7-8H,4-6,9-13,17H2. The van der Waals surface area contributed by atoms with Crippen molar-refractivity contribution in [2.45, 2.75) is 44.9 Å².